The third-order valence-corrected chi connectivity index (χ3v) is 17.6. The van der Waals surface area contributed by atoms with Crippen molar-refractivity contribution in [1.29, 1.82) is 0 Å². The maximum atomic E-state index is 7.86. The first-order chi connectivity index (χ1) is 36.2. The Morgan fingerprint density at radius 1 is 0.329 bits per heavy atom. The Bertz CT molecular complexity index is 4090. The van der Waals surface area contributed by atoms with Crippen molar-refractivity contribution in [1.82, 2.24) is 9.13 Å². The highest BCUT2D eigenvalue weighted by molar-refractivity contribution is 7.02. The molecule has 370 valence electrons. The Balaban J connectivity index is 1.16. The monoisotopic (exact) mass is 984 g/mol. The minimum absolute atomic E-state index is 0.0497. The zero-order valence-electron chi connectivity index (χ0n) is 45.9. The molecule has 4 aliphatic heterocycles. The van der Waals surface area contributed by atoms with E-state index in [0.29, 0.717) is 0 Å². The molecule has 0 amide bonds. The third-order valence-electron chi connectivity index (χ3n) is 17.6. The van der Waals surface area contributed by atoms with Crippen LogP contribution in [0.5, 0.6) is 23.0 Å². The molecule has 6 heterocycles. The normalized spacial score (nSPS) is 14.2. The van der Waals surface area contributed by atoms with E-state index >= 15 is 0 Å². The van der Waals surface area contributed by atoms with Crippen LogP contribution in [0, 0.1) is 0 Å². The summed E-state index contributed by atoms with van der Waals surface area (Å²) in [5, 5.41) is 5.08. The molecular formula is C70H62B2N2O2. The standard InChI is InChI=1S/C70H62B2N2O2/c1-67(2,3)43-25-27-55-47(33-43)49-35-45(69(7,8)9)37-53-61(49)73(55)63-59-66(76-57-29-23-41(31-51(57)71(53)59)39-19-15-13-16-20-39)64-60-65(63)75-58-30-24-42(40-21-17-14-18-22-40)32-52(58)72(60)54-38-46(70(10,11)12)36-50-48-34-44(68(4,5)6)26-28-56(48)74(64)62(50)54/h13-38H,1-12H3. The van der Waals surface area contributed by atoms with E-state index in [9.17, 15) is 0 Å². The van der Waals surface area contributed by atoms with Crippen LogP contribution in [-0.4, -0.2) is 22.6 Å². The molecule has 6 heteroatoms. The fraction of sp³-hybridized carbons (Fsp3) is 0.229. The summed E-state index contributed by atoms with van der Waals surface area (Å²) in [6.45, 7) is 27.8. The van der Waals surface area contributed by atoms with Crippen LogP contribution in [-0.2, 0) is 21.7 Å². The number of fused-ring (bicyclic) bond motifs is 16. The Hall–Kier alpha value is -7.69. The van der Waals surface area contributed by atoms with E-state index in [0.717, 1.165) is 45.3 Å². The second kappa shape index (κ2) is 15.0. The van der Waals surface area contributed by atoms with Gasteiger partial charge in [0, 0.05) is 43.5 Å². The minimum Gasteiger partial charge on any atom is -0.456 e. The fourth-order valence-corrected chi connectivity index (χ4v) is 13.5. The number of ether oxygens (including phenoxy) is 2. The number of hydrogen-bond acceptors (Lipinski definition) is 2. The molecule has 0 unspecified atom stereocenters. The maximum absolute atomic E-state index is 7.86. The van der Waals surface area contributed by atoms with Crippen molar-refractivity contribution in [3.05, 3.63) is 180 Å². The predicted molar refractivity (Wildman–Crippen MR) is 323 cm³/mol. The predicted octanol–water partition coefficient (Wildman–Crippen LogP) is 14.3. The van der Waals surface area contributed by atoms with Gasteiger partial charge in [-0.3, -0.25) is 0 Å². The van der Waals surface area contributed by atoms with Crippen LogP contribution in [0.25, 0.3) is 77.2 Å². The highest BCUT2D eigenvalue weighted by Crippen LogP contribution is 2.50. The SMILES string of the molecule is CC(C)(C)c1ccc2c(c1)c1cc(C(C)(C)C)cc3c1n2-c1c2c4c(c5c1B3c1cc(-c3ccccc3)ccc1O5)-n1c3ccc(C(C)(C)C)cc3c3cc(C(C)(C)C)cc(c31)B4c1cc(-c3ccccc3)ccc1O2. The summed E-state index contributed by atoms with van der Waals surface area (Å²) >= 11 is 0. The first-order valence-electron chi connectivity index (χ1n) is 27.5. The summed E-state index contributed by atoms with van der Waals surface area (Å²) in [6, 6.07) is 60.0. The van der Waals surface area contributed by atoms with Gasteiger partial charge in [0.25, 0.3) is 13.4 Å². The summed E-state index contributed by atoms with van der Waals surface area (Å²) in [4.78, 5) is 0. The van der Waals surface area contributed by atoms with Crippen LogP contribution in [0.15, 0.2) is 158 Å². The Morgan fingerprint density at radius 3 is 1.07 bits per heavy atom. The maximum Gasteiger partial charge on any atom is 0.256 e. The van der Waals surface area contributed by atoms with Crippen molar-refractivity contribution in [2.24, 2.45) is 0 Å². The molecule has 76 heavy (non-hydrogen) atoms. The molecule has 0 N–H and O–H groups in total. The van der Waals surface area contributed by atoms with Gasteiger partial charge in [-0.15, -0.1) is 0 Å². The molecule has 15 rings (SSSR count). The second-order valence-electron chi connectivity index (χ2n) is 26.5. The van der Waals surface area contributed by atoms with Crippen molar-refractivity contribution in [3.8, 4) is 56.6 Å². The van der Waals surface area contributed by atoms with Gasteiger partial charge < -0.3 is 18.6 Å². The van der Waals surface area contributed by atoms with Crippen molar-refractivity contribution < 1.29 is 9.47 Å². The van der Waals surface area contributed by atoms with Gasteiger partial charge in [-0.25, -0.2) is 0 Å². The number of rotatable bonds is 2. The molecule has 0 atom stereocenters. The number of nitrogens with zero attached hydrogens (tertiary/aromatic N) is 2. The molecule has 4 nitrogen and oxygen atoms in total. The van der Waals surface area contributed by atoms with Crippen molar-refractivity contribution in [3.63, 3.8) is 0 Å². The largest absolute Gasteiger partial charge is 0.456 e. The molecule has 0 saturated carbocycles. The zero-order chi connectivity index (χ0) is 52.3. The first-order valence-corrected chi connectivity index (χ1v) is 27.5. The van der Waals surface area contributed by atoms with E-state index in [1.807, 2.05) is 0 Å². The molecule has 0 bridgehead atoms. The number of aromatic nitrogens is 2. The van der Waals surface area contributed by atoms with Crippen LogP contribution in [0.1, 0.15) is 105 Å². The van der Waals surface area contributed by atoms with Crippen molar-refractivity contribution in [2.45, 2.75) is 105 Å². The molecule has 0 fully saturated rings. The van der Waals surface area contributed by atoms with Gasteiger partial charge in [0.1, 0.15) is 23.0 Å². The van der Waals surface area contributed by atoms with Crippen LogP contribution in [0.3, 0.4) is 0 Å². The molecule has 11 aromatic rings. The van der Waals surface area contributed by atoms with Gasteiger partial charge in [0.05, 0.1) is 22.4 Å². The van der Waals surface area contributed by atoms with E-state index in [1.165, 1.54) is 110 Å². The van der Waals surface area contributed by atoms with Crippen LogP contribution in [0.4, 0.5) is 0 Å². The molecule has 4 aliphatic rings. The van der Waals surface area contributed by atoms with Crippen LogP contribution in [0.2, 0.25) is 0 Å². The molecular weight excluding hydrogens is 922 g/mol. The second-order valence-corrected chi connectivity index (χ2v) is 26.5. The average molecular weight is 985 g/mol. The summed E-state index contributed by atoms with van der Waals surface area (Å²) in [6.07, 6.45) is 0. The van der Waals surface area contributed by atoms with Crippen LogP contribution >= 0.6 is 0 Å². The lowest BCUT2D eigenvalue weighted by atomic mass is 9.31. The Labute approximate surface area is 447 Å². The molecule has 0 saturated heterocycles. The van der Waals surface area contributed by atoms with E-state index < -0.39 is 0 Å². The first kappa shape index (κ1) is 45.7. The number of benzene rings is 9. The number of hydrogen-bond donors (Lipinski definition) is 0. The lowest BCUT2D eigenvalue weighted by Crippen LogP contribution is -2.63. The Morgan fingerprint density at radius 2 is 0.697 bits per heavy atom. The van der Waals surface area contributed by atoms with Gasteiger partial charge in [-0.1, -0.05) is 192 Å². The van der Waals surface area contributed by atoms with Crippen molar-refractivity contribution in [2.75, 3.05) is 0 Å². The third kappa shape index (κ3) is 6.27. The summed E-state index contributed by atoms with van der Waals surface area (Å²) < 4.78 is 20.9. The van der Waals surface area contributed by atoms with Gasteiger partial charge in [0.15, 0.2) is 0 Å². The lowest BCUT2D eigenvalue weighted by Gasteiger charge is -2.41. The fourth-order valence-electron chi connectivity index (χ4n) is 13.5. The van der Waals surface area contributed by atoms with E-state index in [1.54, 1.807) is 0 Å². The molecule has 9 aromatic carbocycles. The molecule has 0 spiro atoms. The van der Waals surface area contributed by atoms with Crippen molar-refractivity contribution >= 4 is 89.8 Å². The van der Waals surface area contributed by atoms with E-state index in [-0.39, 0.29) is 35.1 Å². The van der Waals surface area contributed by atoms with Gasteiger partial charge in [0.2, 0.25) is 0 Å². The molecule has 2 aromatic heterocycles. The van der Waals surface area contributed by atoms with Gasteiger partial charge >= 0.3 is 0 Å². The molecule has 0 aliphatic carbocycles. The Kier molecular flexibility index (Phi) is 9.04. The van der Waals surface area contributed by atoms with Gasteiger partial charge in [-0.05, 0) is 137 Å². The minimum atomic E-state index is -0.180. The topological polar surface area (TPSA) is 28.3 Å². The highest BCUT2D eigenvalue weighted by atomic mass is 16.5. The highest BCUT2D eigenvalue weighted by Gasteiger charge is 2.51. The van der Waals surface area contributed by atoms with E-state index in [2.05, 4.69) is 250 Å². The molecule has 0 radical (unpaired) electrons. The average Bonchev–Trinajstić information content (AvgIpc) is 3.27. The lowest BCUT2D eigenvalue weighted by molar-refractivity contribution is 0.472. The summed E-state index contributed by atoms with van der Waals surface area (Å²) in [5.74, 6) is 3.61. The summed E-state index contributed by atoms with van der Waals surface area (Å²) in [5.41, 5.74) is 23.9. The zero-order valence-corrected chi connectivity index (χ0v) is 45.9. The van der Waals surface area contributed by atoms with Gasteiger partial charge in [-0.2, -0.15) is 0 Å². The van der Waals surface area contributed by atoms with E-state index in [4.69, 9.17) is 9.47 Å². The summed E-state index contributed by atoms with van der Waals surface area (Å²) in [7, 11) is 0. The smallest absolute Gasteiger partial charge is 0.256 e. The van der Waals surface area contributed by atoms with Crippen LogP contribution < -0.4 is 42.3 Å². The quantitative estimate of drug-likeness (QED) is 0.162.